The Morgan fingerprint density at radius 1 is 0.750 bits per heavy atom. The van der Waals surface area contributed by atoms with Crippen molar-refractivity contribution in [3.63, 3.8) is 0 Å². The van der Waals surface area contributed by atoms with Gasteiger partial charge in [0.15, 0.2) is 0 Å². The van der Waals surface area contributed by atoms with E-state index in [1.54, 1.807) is 48.5 Å². The molecule has 3 rings (SSSR count). The first-order chi connectivity index (χ1) is 19.2. The summed E-state index contributed by atoms with van der Waals surface area (Å²) >= 11 is 0. The minimum Gasteiger partial charge on any atom is -0.423 e. The molecule has 0 amide bonds. The second-order valence-electron chi connectivity index (χ2n) is 9.32. The van der Waals surface area contributed by atoms with Gasteiger partial charge in [-0.15, -0.1) is 0 Å². The zero-order chi connectivity index (χ0) is 29.1. The Morgan fingerprint density at radius 3 is 2.00 bits per heavy atom. The summed E-state index contributed by atoms with van der Waals surface area (Å²) in [6.07, 6.45) is 4.38. The summed E-state index contributed by atoms with van der Waals surface area (Å²) in [6, 6.07) is 19.0. The molecule has 0 aliphatic carbocycles. The fraction of sp³-hybridized carbons (Fsp3) is 0.242. The van der Waals surface area contributed by atoms with Gasteiger partial charge in [-0.1, -0.05) is 63.3 Å². The first kappa shape index (κ1) is 30.1. The van der Waals surface area contributed by atoms with E-state index in [1.165, 1.54) is 25.7 Å². The number of ether oxygens (including phenoxy) is 4. The zero-order valence-corrected chi connectivity index (χ0v) is 23.2. The van der Waals surface area contributed by atoms with Crippen LogP contribution in [0.4, 0.5) is 0 Å². The van der Waals surface area contributed by atoms with Crippen LogP contribution in [-0.2, 0) is 20.7 Å². The van der Waals surface area contributed by atoms with Crippen LogP contribution >= 0.6 is 0 Å². The largest absolute Gasteiger partial charge is 0.423 e. The maximum absolute atomic E-state index is 13.2. The molecular formula is C33H34O7. The number of rotatable bonds is 13. The Kier molecular flexibility index (Phi) is 11.0. The van der Waals surface area contributed by atoms with Crippen LogP contribution in [0.3, 0.4) is 0 Å². The molecular weight excluding hydrogens is 508 g/mol. The molecule has 3 aromatic rings. The van der Waals surface area contributed by atoms with Crippen molar-refractivity contribution >= 4 is 17.9 Å². The Bertz CT molecular complexity index is 1370. The summed E-state index contributed by atoms with van der Waals surface area (Å²) in [5, 5.41) is 0. The van der Waals surface area contributed by atoms with E-state index in [2.05, 4.69) is 20.1 Å². The van der Waals surface area contributed by atoms with E-state index in [1.807, 2.05) is 12.1 Å². The van der Waals surface area contributed by atoms with Crippen LogP contribution in [-0.4, -0.2) is 31.6 Å². The van der Waals surface area contributed by atoms with Gasteiger partial charge in [-0.2, -0.15) is 0 Å². The molecule has 0 atom stereocenters. The number of esters is 3. The van der Waals surface area contributed by atoms with Gasteiger partial charge in [0, 0.05) is 12.7 Å². The first-order valence-corrected chi connectivity index (χ1v) is 13.0. The highest BCUT2D eigenvalue weighted by Gasteiger charge is 2.20. The standard InChI is InChI=1S/C33H34O7/c1-6-7-8-9-24-10-15-27(16-11-24)39-33(36)29-20-26(14-19-30(29)40-31(34)22(2)3)25-12-17-28(18-13-25)38-32(35)23(4)21-37-5/h10-20H,2,4,6-9,21H2,1,3,5H3. The van der Waals surface area contributed by atoms with Gasteiger partial charge in [0.2, 0.25) is 0 Å². The van der Waals surface area contributed by atoms with Gasteiger partial charge in [0.05, 0.1) is 12.2 Å². The van der Waals surface area contributed by atoms with Gasteiger partial charge in [-0.3, -0.25) is 0 Å². The smallest absolute Gasteiger partial charge is 0.347 e. The molecule has 0 fully saturated rings. The van der Waals surface area contributed by atoms with Gasteiger partial charge in [-0.05, 0) is 72.9 Å². The van der Waals surface area contributed by atoms with Crippen LogP contribution in [0.25, 0.3) is 11.1 Å². The molecule has 0 heterocycles. The topological polar surface area (TPSA) is 88.1 Å². The van der Waals surface area contributed by atoms with Gasteiger partial charge in [0.1, 0.15) is 22.8 Å². The molecule has 0 saturated carbocycles. The molecule has 0 aromatic heterocycles. The second kappa shape index (κ2) is 14.6. The van der Waals surface area contributed by atoms with E-state index < -0.39 is 17.9 Å². The average Bonchev–Trinajstić information content (AvgIpc) is 2.94. The molecule has 0 aliphatic rings. The molecule has 0 N–H and O–H groups in total. The number of aryl methyl sites for hydroxylation is 1. The van der Waals surface area contributed by atoms with Crippen molar-refractivity contribution in [3.05, 3.63) is 102 Å². The summed E-state index contributed by atoms with van der Waals surface area (Å²) in [6.45, 7) is 11.0. The van der Waals surface area contributed by atoms with Crippen molar-refractivity contribution in [3.8, 4) is 28.4 Å². The van der Waals surface area contributed by atoms with Crippen LogP contribution in [0.2, 0.25) is 0 Å². The molecule has 3 aromatic carbocycles. The maximum Gasteiger partial charge on any atom is 0.347 e. The first-order valence-electron chi connectivity index (χ1n) is 13.0. The predicted molar refractivity (Wildman–Crippen MR) is 154 cm³/mol. The SMILES string of the molecule is C=C(C)C(=O)Oc1ccc(-c2ccc(OC(=O)C(=C)COC)cc2)cc1C(=O)Oc1ccc(CCCCC)cc1. The summed E-state index contributed by atoms with van der Waals surface area (Å²) in [5.41, 5.74) is 3.03. The summed E-state index contributed by atoms with van der Waals surface area (Å²) in [7, 11) is 1.47. The number of hydrogen-bond donors (Lipinski definition) is 0. The van der Waals surface area contributed by atoms with Crippen molar-refractivity contribution in [2.75, 3.05) is 13.7 Å². The van der Waals surface area contributed by atoms with Crippen molar-refractivity contribution in [2.45, 2.75) is 39.5 Å². The lowest BCUT2D eigenvalue weighted by molar-refractivity contribution is -0.131. The van der Waals surface area contributed by atoms with E-state index in [-0.39, 0.29) is 29.1 Å². The molecule has 7 nitrogen and oxygen atoms in total. The number of hydrogen-bond acceptors (Lipinski definition) is 7. The lowest BCUT2D eigenvalue weighted by Gasteiger charge is -2.13. The zero-order valence-electron chi connectivity index (χ0n) is 23.2. The highest BCUT2D eigenvalue weighted by Crippen LogP contribution is 2.30. The second-order valence-corrected chi connectivity index (χ2v) is 9.32. The highest BCUT2D eigenvalue weighted by atomic mass is 16.6. The Hall–Kier alpha value is -4.49. The lowest BCUT2D eigenvalue weighted by Crippen LogP contribution is -2.15. The number of carbonyl (C=O) groups excluding carboxylic acids is 3. The van der Waals surface area contributed by atoms with Crippen molar-refractivity contribution in [1.82, 2.24) is 0 Å². The number of benzene rings is 3. The average molecular weight is 543 g/mol. The minimum absolute atomic E-state index is 0.0557. The third-order valence-corrected chi connectivity index (χ3v) is 5.96. The van der Waals surface area contributed by atoms with E-state index in [0.29, 0.717) is 17.1 Å². The molecule has 7 heteroatoms. The van der Waals surface area contributed by atoms with Crippen LogP contribution in [0, 0.1) is 0 Å². The van der Waals surface area contributed by atoms with Crippen LogP contribution < -0.4 is 14.2 Å². The molecule has 0 bridgehead atoms. The van der Waals surface area contributed by atoms with Crippen molar-refractivity contribution < 1.29 is 33.3 Å². The Balaban J connectivity index is 1.83. The van der Waals surface area contributed by atoms with E-state index in [9.17, 15) is 14.4 Å². The fourth-order valence-electron chi connectivity index (χ4n) is 3.74. The molecule has 0 unspecified atom stereocenters. The number of unbranched alkanes of at least 4 members (excludes halogenated alkanes) is 2. The van der Waals surface area contributed by atoms with Gasteiger partial charge < -0.3 is 18.9 Å². The molecule has 208 valence electrons. The molecule has 0 radical (unpaired) electrons. The normalized spacial score (nSPS) is 10.5. The van der Waals surface area contributed by atoms with E-state index in [0.717, 1.165) is 31.2 Å². The summed E-state index contributed by atoms with van der Waals surface area (Å²) in [5.74, 6) is -1.15. The molecule has 0 saturated heterocycles. The summed E-state index contributed by atoms with van der Waals surface area (Å²) < 4.78 is 21.3. The Labute approximate surface area is 235 Å². The van der Waals surface area contributed by atoms with E-state index in [4.69, 9.17) is 18.9 Å². The summed E-state index contributed by atoms with van der Waals surface area (Å²) in [4.78, 5) is 37.6. The highest BCUT2D eigenvalue weighted by molar-refractivity contribution is 5.98. The van der Waals surface area contributed by atoms with E-state index >= 15 is 0 Å². The molecule has 0 spiro atoms. The monoisotopic (exact) mass is 542 g/mol. The van der Waals surface area contributed by atoms with Gasteiger partial charge in [0.25, 0.3) is 0 Å². The van der Waals surface area contributed by atoms with Crippen molar-refractivity contribution in [2.24, 2.45) is 0 Å². The predicted octanol–water partition coefficient (Wildman–Crippen LogP) is 6.90. The van der Waals surface area contributed by atoms with Gasteiger partial charge >= 0.3 is 17.9 Å². The Morgan fingerprint density at radius 2 is 1.38 bits per heavy atom. The van der Waals surface area contributed by atoms with Gasteiger partial charge in [-0.25, -0.2) is 14.4 Å². The molecule has 40 heavy (non-hydrogen) atoms. The van der Waals surface area contributed by atoms with Crippen LogP contribution in [0.1, 0.15) is 49.0 Å². The third kappa shape index (κ3) is 8.51. The lowest BCUT2D eigenvalue weighted by atomic mass is 10.0. The number of carbonyl (C=O) groups is 3. The minimum atomic E-state index is -0.674. The number of methoxy groups -OCH3 is 1. The maximum atomic E-state index is 13.2. The van der Waals surface area contributed by atoms with Crippen LogP contribution in [0.5, 0.6) is 17.2 Å². The third-order valence-electron chi connectivity index (χ3n) is 5.96. The molecule has 0 aliphatic heterocycles. The van der Waals surface area contributed by atoms with Crippen LogP contribution in [0.15, 0.2) is 91.0 Å². The fourth-order valence-corrected chi connectivity index (χ4v) is 3.74. The van der Waals surface area contributed by atoms with Crippen molar-refractivity contribution in [1.29, 1.82) is 0 Å². The quantitative estimate of drug-likeness (QED) is 0.101.